The van der Waals surface area contributed by atoms with Crippen LogP contribution in [0, 0.1) is 0 Å². The maximum absolute atomic E-state index is 9.88. The number of hydrogen-bond donors (Lipinski definition) is 2. The molecule has 0 saturated heterocycles. The van der Waals surface area contributed by atoms with Gasteiger partial charge in [-0.15, -0.1) is 0 Å². The number of benzene rings is 4. The van der Waals surface area contributed by atoms with Crippen molar-refractivity contribution in [2.75, 3.05) is 0 Å². The number of rotatable bonds is 3. The van der Waals surface area contributed by atoms with Gasteiger partial charge in [0.15, 0.2) is 0 Å². The Labute approximate surface area is 163 Å². The third-order valence-electron chi connectivity index (χ3n) is 4.93. The highest BCUT2D eigenvalue weighted by atomic mass is 16.3. The minimum atomic E-state index is 0.224. The van der Waals surface area contributed by atoms with E-state index in [-0.39, 0.29) is 5.75 Å². The van der Waals surface area contributed by atoms with E-state index < -0.39 is 0 Å². The minimum Gasteiger partial charge on any atom is -0.508 e. The number of phenols is 1. The second kappa shape index (κ2) is 6.71. The van der Waals surface area contributed by atoms with E-state index in [4.69, 9.17) is 4.98 Å². The number of aromatic amines is 1. The average molecular weight is 362 g/mol. The number of aromatic hydroxyl groups is 1. The van der Waals surface area contributed by atoms with E-state index in [1.807, 2.05) is 30.3 Å². The van der Waals surface area contributed by atoms with Crippen molar-refractivity contribution < 1.29 is 5.11 Å². The molecule has 0 spiro atoms. The van der Waals surface area contributed by atoms with E-state index >= 15 is 0 Å². The van der Waals surface area contributed by atoms with Crippen molar-refractivity contribution in [3.8, 4) is 39.7 Å². The Kier molecular flexibility index (Phi) is 3.91. The first-order chi connectivity index (χ1) is 13.8. The summed E-state index contributed by atoms with van der Waals surface area (Å²) in [6.45, 7) is 0. The summed E-state index contributed by atoms with van der Waals surface area (Å²) in [6.07, 6.45) is 0. The lowest BCUT2D eigenvalue weighted by molar-refractivity contribution is 0.475. The van der Waals surface area contributed by atoms with Gasteiger partial charge in [-0.05, 0) is 22.9 Å². The summed E-state index contributed by atoms with van der Waals surface area (Å²) in [5, 5.41) is 12.2. The van der Waals surface area contributed by atoms with Gasteiger partial charge in [-0.25, -0.2) is 4.98 Å². The molecule has 0 bridgehead atoms. The Morgan fingerprint density at radius 3 is 2.25 bits per heavy atom. The summed E-state index contributed by atoms with van der Waals surface area (Å²) in [4.78, 5) is 8.42. The zero-order valence-electron chi connectivity index (χ0n) is 15.1. The zero-order valence-corrected chi connectivity index (χ0v) is 15.1. The lowest BCUT2D eigenvalue weighted by Gasteiger charge is -2.07. The quantitative estimate of drug-likeness (QED) is 0.397. The largest absolute Gasteiger partial charge is 0.508 e. The predicted molar refractivity (Wildman–Crippen MR) is 114 cm³/mol. The van der Waals surface area contributed by atoms with Crippen molar-refractivity contribution in [2.24, 2.45) is 0 Å². The molecule has 0 radical (unpaired) electrons. The van der Waals surface area contributed by atoms with E-state index in [0.29, 0.717) is 0 Å². The van der Waals surface area contributed by atoms with Gasteiger partial charge in [-0.1, -0.05) is 84.9 Å². The Balaban J connectivity index is 1.79. The van der Waals surface area contributed by atoms with Crippen molar-refractivity contribution in [1.82, 2.24) is 9.97 Å². The van der Waals surface area contributed by atoms with E-state index in [0.717, 1.165) is 33.9 Å². The highest BCUT2D eigenvalue weighted by molar-refractivity contribution is 5.99. The van der Waals surface area contributed by atoms with Crippen LogP contribution in [-0.4, -0.2) is 15.1 Å². The highest BCUT2D eigenvalue weighted by Crippen LogP contribution is 2.36. The van der Waals surface area contributed by atoms with E-state index in [1.54, 1.807) is 12.1 Å². The number of nitrogens with one attached hydrogen (secondary N) is 1. The Bertz CT molecular complexity index is 1270. The summed E-state index contributed by atoms with van der Waals surface area (Å²) < 4.78 is 0. The highest BCUT2D eigenvalue weighted by Gasteiger charge is 2.17. The van der Waals surface area contributed by atoms with Crippen LogP contribution >= 0.6 is 0 Å². The van der Waals surface area contributed by atoms with Crippen molar-refractivity contribution in [3.05, 3.63) is 97.1 Å². The number of aromatic nitrogens is 2. The Hall–Kier alpha value is -3.85. The van der Waals surface area contributed by atoms with Crippen molar-refractivity contribution in [3.63, 3.8) is 0 Å². The van der Waals surface area contributed by atoms with E-state index in [9.17, 15) is 5.11 Å². The fourth-order valence-electron chi connectivity index (χ4n) is 3.61. The third-order valence-corrected chi connectivity index (χ3v) is 4.93. The minimum absolute atomic E-state index is 0.224. The molecular formula is C25H18N2O. The summed E-state index contributed by atoms with van der Waals surface area (Å²) in [5.41, 5.74) is 4.88. The first-order valence-electron chi connectivity index (χ1n) is 9.22. The van der Waals surface area contributed by atoms with Crippen LogP contribution in [0.15, 0.2) is 97.1 Å². The number of phenolic OH excluding ortho intramolecular Hbond substituents is 1. The van der Waals surface area contributed by atoms with Gasteiger partial charge in [-0.3, -0.25) is 0 Å². The first kappa shape index (κ1) is 16.3. The van der Waals surface area contributed by atoms with Gasteiger partial charge < -0.3 is 10.1 Å². The summed E-state index contributed by atoms with van der Waals surface area (Å²) in [7, 11) is 0. The molecule has 0 saturated carbocycles. The molecule has 1 aromatic heterocycles. The van der Waals surface area contributed by atoms with Gasteiger partial charge in [0.05, 0.1) is 11.4 Å². The molecule has 0 unspecified atom stereocenters. The van der Waals surface area contributed by atoms with Crippen LogP contribution in [0.3, 0.4) is 0 Å². The monoisotopic (exact) mass is 362 g/mol. The maximum atomic E-state index is 9.88. The lowest BCUT2D eigenvalue weighted by atomic mass is 9.99. The second-order valence-corrected chi connectivity index (χ2v) is 6.75. The zero-order chi connectivity index (χ0) is 18.9. The van der Waals surface area contributed by atoms with Gasteiger partial charge in [-0.2, -0.15) is 0 Å². The number of nitrogens with zero attached hydrogens (tertiary/aromatic N) is 1. The average Bonchev–Trinajstić information content (AvgIpc) is 3.19. The predicted octanol–water partition coefficient (Wildman–Crippen LogP) is 6.27. The molecule has 4 aromatic carbocycles. The Morgan fingerprint density at radius 1 is 0.679 bits per heavy atom. The van der Waals surface area contributed by atoms with Gasteiger partial charge in [0.1, 0.15) is 11.6 Å². The van der Waals surface area contributed by atoms with Crippen LogP contribution in [0.4, 0.5) is 0 Å². The van der Waals surface area contributed by atoms with Gasteiger partial charge in [0, 0.05) is 16.7 Å². The molecule has 0 aliphatic carbocycles. The van der Waals surface area contributed by atoms with E-state index in [1.165, 1.54) is 10.8 Å². The van der Waals surface area contributed by atoms with Crippen LogP contribution in [0.2, 0.25) is 0 Å². The maximum Gasteiger partial charge on any atom is 0.138 e. The molecule has 0 amide bonds. The molecule has 5 aromatic rings. The van der Waals surface area contributed by atoms with Gasteiger partial charge in [0.25, 0.3) is 0 Å². The van der Waals surface area contributed by atoms with Gasteiger partial charge in [0.2, 0.25) is 0 Å². The van der Waals surface area contributed by atoms with Crippen LogP contribution in [0.5, 0.6) is 5.75 Å². The number of imidazole rings is 1. The Morgan fingerprint density at radius 2 is 1.39 bits per heavy atom. The smallest absolute Gasteiger partial charge is 0.138 e. The number of hydrogen-bond acceptors (Lipinski definition) is 2. The summed E-state index contributed by atoms with van der Waals surface area (Å²) >= 11 is 0. The molecule has 1 heterocycles. The molecule has 0 fully saturated rings. The topological polar surface area (TPSA) is 48.9 Å². The second-order valence-electron chi connectivity index (χ2n) is 6.75. The fourth-order valence-corrected chi connectivity index (χ4v) is 3.61. The summed E-state index contributed by atoms with van der Waals surface area (Å²) in [6, 6.07) is 32.0. The van der Waals surface area contributed by atoms with Gasteiger partial charge >= 0.3 is 0 Å². The lowest BCUT2D eigenvalue weighted by Crippen LogP contribution is -1.85. The van der Waals surface area contributed by atoms with Crippen molar-refractivity contribution in [2.45, 2.75) is 0 Å². The SMILES string of the molecule is Oc1cccc(-c2nc(-c3ccccc3)c(-c3cccc4ccccc34)[nH]2)c1. The molecule has 0 aliphatic heterocycles. The summed E-state index contributed by atoms with van der Waals surface area (Å²) in [5.74, 6) is 0.958. The number of H-pyrrole nitrogens is 1. The van der Waals surface area contributed by atoms with Crippen molar-refractivity contribution >= 4 is 10.8 Å². The van der Waals surface area contributed by atoms with Crippen LogP contribution < -0.4 is 0 Å². The van der Waals surface area contributed by atoms with Crippen molar-refractivity contribution in [1.29, 1.82) is 0 Å². The third kappa shape index (κ3) is 2.83. The van der Waals surface area contributed by atoms with Crippen LogP contribution in [0.1, 0.15) is 0 Å². The van der Waals surface area contributed by atoms with Crippen LogP contribution in [0.25, 0.3) is 44.7 Å². The molecule has 5 rings (SSSR count). The first-order valence-corrected chi connectivity index (χ1v) is 9.22. The molecule has 0 aliphatic rings. The molecular weight excluding hydrogens is 344 g/mol. The molecule has 2 N–H and O–H groups in total. The normalized spacial score (nSPS) is 11.0. The molecule has 28 heavy (non-hydrogen) atoms. The number of fused-ring (bicyclic) bond motifs is 1. The standard InChI is InChI=1S/C25H18N2O/c28-20-13-6-12-19(16-20)25-26-23(18-9-2-1-3-10-18)24(27-25)22-15-7-11-17-8-4-5-14-21(17)22/h1-16,28H,(H,26,27). The van der Waals surface area contributed by atoms with Crippen LogP contribution in [-0.2, 0) is 0 Å². The molecule has 0 atom stereocenters. The molecule has 134 valence electrons. The molecule has 3 heteroatoms. The fraction of sp³-hybridized carbons (Fsp3) is 0. The molecule has 3 nitrogen and oxygen atoms in total. The van der Waals surface area contributed by atoms with E-state index in [2.05, 4.69) is 59.6 Å².